The van der Waals surface area contributed by atoms with E-state index in [1.165, 1.54) is 15.9 Å². The third-order valence-corrected chi connectivity index (χ3v) is 10.8. The summed E-state index contributed by atoms with van der Waals surface area (Å²) in [5, 5.41) is 2.52. The van der Waals surface area contributed by atoms with Crippen LogP contribution in [0, 0.1) is 11.8 Å². The van der Waals surface area contributed by atoms with Crippen LogP contribution >= 0.6 is 0 Å². The van der Waals surface area contributed by atoms with E-state index < -0.39 is 8.32 Å². The maximum atomic E-state index is 11.5. The molecule has 1 aliphatic rings. The first-order valence-corrected chi connectivity index (χ1v) is 11.7. The van der Waals surface area contributed by atoms with E-state index in [1.54, 1.807) is 0 Å². The van der Waals surface area contributed by atoms with E-state index in [0.29, 0.717) is 6.61 Å². The second kappa shape index (κ2) is 7.95. The molecule has 0 N–H and O–H groups in total. The predicted octanol–water partition coefficient (Wildman–Crippen LogP) is 4.34. The lowest BCUT2D eigenvalue weighted by molar-refractivity contribution is -0.112. The monoisotopic (exact) mass is 378 g/mol. The molecule has 0 bridgehead atoms. The van der Waals surface area contributed by atoms with Crippen molar-refractivity contribution in [3.63, 3.8) is 0 Å². The van der Waals surface area contributed by atoms with E-state index in [-0.39, 0.29) is 16.9 Å². The van der Waals surface area contributed by atoms with Gasteiger partial charge in [0.2, 0.25) is 0 Å². The van der Waals surface area contributed by atoms with Crippen LogP contribution in [0.3, 0.4) is 0 Å². The lowest BCUT2D eigenvalue weighted by atomic mass is 9.99. The normalized spacial score (nSPS) is 20.6. The molecule has 0 heterocycles. The fourth-order valence-electron chi connectivity index (χ4n) is 4.44. The highest BCUT2D eigenvalue weighted by molar-refractivity contribution is 6.99. The number of allylic oxidation sites excluding steroid dienone is 1. The molecule has 0 saturated heterocycles. The van der Waals surface area contributed by atoms with Gasteiger partial charge in [0.25, 0.3) is 8.32 Å². The molecule has 0 unspecified atom stereocenters. The van der Waals surface area contributed by atoms with Crippen LogP contribution in [0.25, 0.3) is 0 Å². The Hall–Kier alpha value is -1.97. The van der Waals surface area contributed by atoms with Gasteiger partial charge in [-0.1, -0.05) is 93.6 Å². The molecular formula is C24H30O2Si. The lowest BCUT2D eigenvalue weighted by Gasteiger charge is -2.43. The largest absolute Gasteiger partial charge is 0.407 e. The topological polar surface area (TPSA) is 26.3 Å². The van der Waals surface area contributed by atoms with Crippen molar-refractivity contribution in [2.45, 2.75) is 38.7 Å². The van der Waals surface area contributed by atoms with E-state index in [0.717, 1.165) is 19.1 Å². The molecule has 2 aromatic carbocycles. The zero-order valence-electron chi connectivity index (χ0n) is 16.7. The van der Waals surface area contributed by atoms with Gasteiger partial charge in [-0.2, -0.15) is 0 Å². The third kappa shape index (κ3) is 3.85. The van der Waals surface area contributed by atoms with E-state index >= 15 is 0 Å². The second-order valence-corrected chi connectivity index (χ2v) is 13.0. The fraction of sp³-hybridized carbons (Fsp3) is 0.375. The van der Waals surface area contributed by atoms with E-state index in [2.05, 4.69) is 88.0 Å². The number of carbonyl (C=O) groups is 1. The Morgan fingerprint density at radius 2 is 1.52 bits per heavy atom. The van der Waals surface area contributed by atoms with Gasteiger partial charge < -0.3 is 9.22 Å². The fourth-order valence-corrected chi connectivity index (χ4v) is 9.06. The number of hydrogen-bond acceptors (Lipinski definition) is 2. The van der Waals surface area contributed by atoms with Gasteiger partial charge in [0.1, 0.15) is 6.29 Å². The summed E-state index contributed by atoms with van der Waals surface area (Å²) in [6.07, 6.45) is 2.79. The molecule has 0 amide bonds. The number of benzene rings is 2. The molecule has 3 heteroatoms. The minimum Gasteiger partial charge on any atom is -0.407 e. The average molecular weight is 379 g/mol. The van der Waals surface area contributed by atoms with E-state index in [1.807, 2.05) is 0 Å². The quantitative estimate of drug-likeness (QED) is 0.424. The SMILES string of the molecule is C=C1C[C@@H](CO[Si](c2ccccc2)(c2ccccc2)C(C)(C)C)[C@H](C=O)C1. The molecular weight excluding hydrogens is 348 g/mol. The predicted molar refractivity (Wildman–Crippen MR) is 115 cm³/mol. The molecule has 0 radical (unpaired) electrons. The zero-order valence-corrected chi connectivity index (χ0v) is 17.7. The third-order valence-electron chi connectivity index (χ3n) is 5.79. The summed E-state index contributed by atoms with van der Waals surface area (Å²) < 4.78 is 6.97. The summed E-state index contributed by atoms with van der Waals surface area (Å²) in [6.45, 7) is 11.6. The number of rotatable bonds is 6. The Bertz CT molecular complexity index is 738. The van der Waals surface area contributed by atoms with Crippen LogP contribution in [0.5, 0.6) is 0 Å². The zero-order chi connectivity index (χ0) is 19.5. The first kappa shape index (κ1) is 19.8. The van der Waals surface area contributed by atoms with Crippen molar-refractivity contribution in [3.05, 3.63) is 72.8 Å². The molecule has 2 atom stereocenters. The summed E-state index contributed by atoms with van der Waals surface area (Å²) in [6, 6.07) is 21.3. The molecule has 0 aliphatic heterocycles. The minimum atomic E-state index is -2.53. The summed E-state index contributed by atoms with van der Waals surface area (Å²) >= 11 is 0. The summed E-state index contributed by atoms with van der Waals surface area (Å²) in [5.74, 6) is 0.271. The molecule has 1 fully saturated rings. The van der Waals surface area contributed by atoms with Crippen molar-refractivity contribution in [3.8, 4) is 0 Å². The van der Waals surface area contributed by atoms with Crippen molar-refractivity contribution in [2.24, 2.45) is 11.8 Å². The lowest BCUT2D eigenvalue weighted by Crippen LogP contribution is -2.67. The molecule has 1 aliphatic carbocycles. The first-order valence-electron chi connectivity index (χ1n) is 9.75. The van der Waals surface area contributed by atoms with Crippen molar-refractivity contribution in [1.82, 2.24) is 0 Å². The van der Waals surface area contributed by atoms with Crippen molar-refractivity contribution in [1.29, 1.82) is 0 Å². The Kier molecular flexibility index (Phi) is 5.83. The molecule has 27 heavy (non-hydrogen) atoms. The first-order chi connectivity index (χ1) is 12.9. The van der Waals surface area contributed by atoms with Crippen LogP contribution in [0.15, 0.2) is 72.8 Å². The van der Waals surface area contributed by atoms with Crippen molar-refractivity contribution in [2.75, 3.05) is 6.61 Å². The molecule has 2 nitrogen and oxygen atoms in total. The van der Waals surface area contributed by atoms with Crippen LogP contribution in [0.4, 0.5) is 0 Å². The highest BCUT2D eigenvalue weighted by Gasteiger charge is 2.50. The van der Waals surface area contributed by atoms with Gasteiger partial charge in [-0.15, -0.1) is 0 Å². The van der Waals surface area contributed by atoms with Crippen LogP contribution in [-0.4, -0.2) is 21.2 Å². The van der Waals surface area contributed by atoms with Crippen LogP contribution in [-0.2, 0) is 9.22 Å². The Morgan fingerprint density at radius 3 is 1.96 bits per heavy atom. The van der Waals surface area contributed by atoms with Crippen molar-refractivity contribution >= 4 is 25.0 Å². The van der Waals surface area contributed by atoms with Crippen LogP contribution in [0.2, 0.25) is 5.04 Å². The second-order valence-electron chi connectivity index (χ2n) is 8.69. The number of carbonyl (C=O) groups excluding carboxylic acids is 1. The van der Waals surface area contributed by atoms with Gasteiger partial charge in [0.05, 0.1) is 0 Å². The molecule has 142 valence electrons. The Balaban J connectivity index is 2.04. The molecule has 0 spiro atoms. The van der Waals surface area contributed by atoms with E-state index in [4.69, 9.17) is 4.43 Å². The Morgan fingerprint density at radius 1 is 1.00 bits per heavy atom. The number of hydrogen-bond donors (Lipinski definition) is 0. The van der Waals surface area contributed by atoms with Gasteiger partial charge in [-0.3, -0.25) is 0 Å². The maximum absolute atomic E-state index is 11.5. The highest BCUT2D eigenvalue weighted by Crippen LogP contribution is 2.39. The van der Waals surface area contributed by atoms with Gasteiger partial charge in [-0.05, 0) is 34.2 Å². The van der Waals surface area contributed by atoms with Crippen LogP contribution < -0.4 is 10.4 Å². The minimum absolute atomic E-state index is 0.0377. The Labute approximate surface area is 164 Å². The molecule has 0 aromatic heterocycles. The smallest absolute Gasteiger partial charge is 0.261 e. The van der Waals surface area contributed by atoms with E-state index in [9.17, 15) is 4.79 Å². The van der Waals surface area contributed by atoms with Crippen molar-refractivity contribution < 1.29 is 9.22 Å². The highest BCUT2D eigenvalue weighted by atomic mass is 28.4. The molecule has 3 rings (SSSR count). The summed E-state index contributed by atoms with van der Waals surface area (Å²) in [7, 11) is -2.53. The van der Waals surface area contributed by atoms with Gasteiger partial charge >= 0.3 is 0 Å². The van der Waals surface area contributed by atoms with Gasteiger partial charge in [0, 0.05) is 12.5 Å². The van der Waals surface area contributed by atoms with Crippen LogP contribution in [0.1, 0.15) is 33.6 Å². The maximum Gasteiger partial charge on any atom is 0.261 e. The van der Waals surface area contributed by atoms with Gasteiger partial charge in [-0.25, -0.2) is 0 Å². The summed E-state index contributed by atoms with van der Waals surface area (Å²) in [5.41, 5.74) is 1.17. The molecule has 1 saturated carbocycles. The number of aldehydes is 1. The molecule has 2 aromatic rings. The average Bonchev–Trinajstić information content (AvgIpc) is 3.03. The standard InChI is InChI=1S/C24H30O2Si/c1-19-15-20(17-25)21(16-19)18-26-27(24(2,3)4,22-11-7-5-8-12-22)23-13-9-6-10-14-23/h5-14,17,20-21H,1,15-16,18H2,2-4H3/t20-,21-/m0/s1. The summed E-state index contributed by atoms with van der Waals surface area (Å²) in [4.78, 5) is 11.5. The van der Waals surface area contributed by atoms with Gasteiger partial charge in [0.15, 0.2) is 0 Å².